The summed E-state index contributed by atoms with van der Waals surface area (Å²) < 4.78 is 0. The Morgan fingerprint density at radius 1 is 1.46 bits per heavy atom. The Bertz CT molecular complexity index is 154. The largest absolute Gasteiger partial charge is 0.319 e. The molecule has 1 fully saturated rings. The van der Waals surface area contributed by atoms with E-state index in [0.29, 0.717) is 5.54 Å². The first kappa shape index (κ1) is 11.0. The average Bonchev–Trinajstić information content (AvgIpc) is 2.31. The molecule has 1 rings (SSSR count). The highest BCUT2D eigenvalue weighted by Crippen LogP contribution is 2.28. The number of rotatable bonds is 4. The van der Waals surface area contributed by atoms with Gasteiger partial charge in [0.2, 0.25) is 0 Å². The van der Waals surface area contributed by atoms with Crippen LogP contribution in [0.15, 0.2) is 0 Å². The molecule has 0 bridgehead atoms. The van der Waals surface area contributed by atoms with Gasteiger partial charge in [-0.1, -0.05) is 6.92 Å². The Kier molecular flexibility index (Phi) is 3.74. The maximum atomic E-state index is 3.24. The van der Waals surface area contributed by atoms with Crippen molar-refractivity contribution >= 4 is 0 Å². The molecule has 0 aromatic rings. The number of hydrogen-bond acceptors (Lipinski definition) is 2. The molecule has 78 valence electrons. The number of nitrogens with one attached hydrogen (secondary N) is 1. The number of likely N-dealkylation sites (tertiary alicyclic amines) is 1. The molecule has 0 aromatic carbocycles. The predicted octanol–water partition coefficient (Wildman–Crippen LogP) is 1.72. The molecule has 0 spiro atoms. The molecule has 0 aromatic heterocycles. The molecule has 0 radical (unpaired) electrons. The molecular formula is C11H24N2. The monoisotopic (exact) mass is 184 g/mol. The van der Waals surface area contributed by atoms with E-state index >= 15 is 0 Å². The van der Waals surface area contributed by atoms with E-state index in [0.717, 1.165) is 12.5 Å². The van der Waals surface area contributed by atoms with Crippen LogP contribution in [0.3, 0.4) is 0 Å². The molecule has 1 atom stereocenters. The second-order valence-electron chi connectivity index (χ2n) is 5.02. The van der Waals surface area contributed by atoms with Gasteiger partial charge in [0.15, 0.2) is 0 Å². The first-order chi connectivity index (χ1) is 6.06. The van der Waals surface area contributed by atoms with Crippen molar-refractivity contribution in [1.82, 2.24) is 10.2 Å². The van der Waals surface area contributed by atoms with Crippen LogP contribution in [0.4, 0.5) is 0 Å². The maximum absolute atomic E-state index is 3.24. The van der Waals surface area contributed by atoms with Crippen molar-refractivity contribution in [1.29, 1.82) is 0 Å². The number of hydrogen-bond donors (Lipinski definition) is 1. The summed E-state index contributed by atoms with van der Waals surface area (Å²) >= 11 is 0. The predicted molar refractivity (Wildman–Crippen MR) is 58.0 cm³/mol. The fourth-order valence-corrected chi connectivity index (χ4v) is 2.29. The van der Waals surface area contributed by atoms with E-state index in [2.05, 4.69) is 31.0 Å². The molecule has 1 saturated heterocycles. The van der Waals surface area contributed by atoms with E-state index in [4.69, 9.17) is 0 Å². The van der Waals surface area contributed by atoms with Crippen LogP contribution >= 0.6 is 0 Å². The van der Waals surface area contributed by atoms with Gasteiger partial charge in [-0.15, -0.1) is 0 Å². The summed E-state index contributed by atoms with van der Waals surface area (Å²) in [6.45, 7) is 10.7. The van der Waals surface area contributed by atoms with Gasteiger partial charge in [-0.3, -0.25) is 4.90 Å². The lowest BCUT2D eigenvalue weighted by molar-refractivity contribution is 0.152. The molecule has 1 heterocycles. The number of nitrogens with zero attached hydrogens (tertiary/aromatic N) is 1. The second-order valence-corrected chi connectivity index (χ2v) is 5.02. The van der Waals surface area contributed by atoms with Crippen molar-refractivity contribution in [3.63, 3.8) is 0 Å². The lowest BCUT2D eigenvalue weighted by Crippen LogP contribution is -2.42. The van der Waals surface area contributed by atoms with E-state index in [9.17, 15) is 0 Å². The normalized spacial score (nSPS) is 24.9. The Hall–Kier alpha value is -0.0800. The van der Waals surface area contributed by atoms with Crippen LogP contribution < -0.4 is 5.32 Å². The third-order valence-corrected chi connectivity index (χ3v) is 3.16. The first-order valence-corrected chi connectivity index (χ1v) is 5.46. The minimum atomic E-state index is 0.446. The first-order valence-electron chi connectivity index (χ1n) is 5.46. The lowest BCUT2D eigenvalue weighted by Gasteiger charge is -2.33. The zero-order chi connectivity index (χ0) is 9.90. The smallest absolute Gasteiger partial charge is 0.0153 e. The zero-order valence-electron chi connectivity index (χ0n) is 9.56. The summed E-state index contributed by atoms with van der Waals surface area (Å²) in [6.07, 6.45) is 2.73. The SMILES string of the molecule is CNCC(C)CN1CCCC1(C)C. The van der Waals surface area contributed by atoms with E-state index in [1.54, 1.807) is 0 Å². The Morgan fingerprint density at radius 2 is 2.15 bits per heavy atom. The molecular weight excluding hydrogens is 160 g/mol. The lowest BCUT2D eigenvalue weighted by atomic mass is 10.0. The minimum Gasteiger partial charge on any atom is -0.319 e. The van der Waals surface area contributed by atoms with Crippen LogP contribution in [0.1, 0.15) is 33.6 Å². The van der Waals surface area contributed by atoms with Crippen molar-refractivity contribution in [2.75, 3.05) is 26.7 Å². The quantitative estimate of drug-likeness (QED) is 0.715. The van der Waals surface area contributed by atoms with Crippen molar-refractivity contribution in [2.24, 2.45) is 5.92 Å². The van der Waals surface area contributed by atoms with Gasteiger partial charge in [0, 0.05) is 12.1 Å². The van der Waals surface area contributed by atoms with Gasteiger partial charge in [0.1, 0.15) is 0 Å². The van der Waals surface area contributed by atoms with Crippen LogP contribution in [0.25, 0.3) is 0 Å². The summed E-state index contributed by atoms with van der Waals surface area (Å²) in [5.41, 5.74) is 0.446. The van der Waals surface area contributed by atoms with Crippen LogP contribution in [0.2, 0.25) is 0 Å². The van der Waals surface area contributed by atoms with E-state index in [1.165, 1.54) is 25.9 Å². The average molecular weight is 184 g/mol. The summed E-state index contributed by atoms with van der Waals surface area (Å²) in [5.74, 6) is 0.766. The molecule has 1 aliphatic heterocycles. The Balaban J connectivity index is 2.35. The summed E-state index contributed by atoms with van der Waals surface area (Å²) in [7, 11) is 2.03. The third-order valence-electron chi connectivity index (χ3n) is 3.16. The highest BCUT2D eigenvalue weighted by Gasteiger charge is 2.31. The van der Waals surface area contributed by atoms with Gasteiger partial charge < -0.3 is 5.32 Å². The second kappa shape index (κ2) is 4.43. The molecule has 2 nitrogen and oxygen atoms in total. The minimum absolute atomic E-state index is 0.446. The summed E-state index contributed by atoms with van der Waals surface area (Å²) in [4.78, 5) is 2.63. The van der Waals surface area contributed by atoms with E-state index in [-0.39, 0.29) is 0 Å². The molecule has 1 unspecified atom stereocenters. The van der Waals surface area contributed by atoms with Crippen LogP contribution in [-0.2, 0) is 0 Å². The third kappa shape index (κ3) is 2.96. The summed E-state index contributed by atoms with van der Waals surface area (Å²) in [6, 6.07) is 0. The van der Waals surface area contributed by atoms with Crippen LogP contribution in [-0.4, -0.2) is 37.1 Å². The topological polar surface area (TPSA) is 15.3 Å². The van der Waals surface area contributed by atoms with E-state index < -0.39 is 0 Å². The molecule has 0 saturated carbocycles. The Morgan fingerprint density at radius 3 is 2.62 bits per heavy atom. The molecule has 0 amide bonds. The van der Waals surface area contributed by atoms with Gasteiger partial charge in [0.25, 0.3) is 0 Å². The summed E-state index contributed by atoms with van der Waals surface area (Å²) in [5, 5.41) is 3.24. The van der Waals surface area contributed by atoms with Crippen molar-refractivity contribution in [3.8, 4) is 0 Å². The molecule has 13 heavy (non-hydrogen) atoms. The van der Waals surface area contributed by atoms with Crippen LogP contribution in [0.5, 0.6) is 0 Å². The van der Waals surface area contributed by atoms with Crippen LogP contribution in [0, 0.1) is 5.92 Å². The van der Waals surface area contributed by atoms with E-state index in [1.807, 2.05) is 7.05 Å². The van der Waals surface area contributed by atoms with Gasteiger partial charge >= 0.3 is 0 Å². The highest BCUT2D eigenvalue weighted by atomic mass is 15.2. The molecule has 2 heteroatoms. The van der Waals surface area contributed by atoms with Crippen molar-refractivity contribution < 1.29 is 0 Å². The standard InChI is InChI=1S/C11H24N2/c1-10(8-12-4)9-13-7-5-6-11(13,2)3/h10,12H,5-9H2,1-4H3. The fourth-order valence-electron chi connectivity index (χ4n) is 2.29. The maximum Gasteiger partial charge on any atom is 0.0153 e. The molecule has 1 aliphatic rings. The van der Waals surface area contributed by atoms with Gasteiger partial charge in [-0.2, -0.15) is 0 Å². The zero-order valence-corrected chi connectivity index (χ0v) is 9.56. The van der Waals surface area contributed by atoms with Gasteiger partial charge in [-0.25, -0.2) is 0 Å². The fraction of sp³-hybridized carbons (Fsp3) is 1.00. The van der Waals surface area contributed by atoms with Crippen molar-refractivity contribution in [2.45, 2.75) is 39.2 Å². The molecule has 0 aliphatic carbocycles. The highest BCUT2D eigenvalue weighted by molar-refractivity contribution is 4.88. The Labute approximate surface area is 82.7 Å². The molecule has 1 N–H and O–H groups in total. The van der Waals surface area contributed by atoms with Gasteiger partial charge in [0.05, 0.1) is 0 Å². The van der Waals surface area contributed by atoms with Crippen molar-refractivity contribution in [3.05, 3.63) is 0 Å². The van der Waals surface area contributed by atoms with Gasteiger partial charge in [-0.05, 0) is 52.7 Å².